The molecule has 4 nitrogen and oxygen atoms in total. The Morgan fingerprint density at radius 3 is 2.83 bits per heavy atom. The number of hydrogen-bond acceptors (Lipinski definition) is 2. The molecule has 1 amide bonds. The van der Waals surface area contributed by atoms with Gasteiger partial charge in [0.05, 0.1) is 18.0 Å². The predicted molar refractivity (Wildman–Crippen MR) is 88.9 cm³/mol. The molecule has 0 N–H and O–H groups in total. The summed E-state index contributed by atoms with van der Waals surface area (Å²) < 4.78 is 15.6. The monoisotopic (exact) mass is 327 g/mol. The summed E-state index contributed by atoms with van der Waals surface area (Å²) in [7, 11) is 0. The third-order valence-electron chi connectivity index (χ3n) is 5.59. The van der Waals surface area contributed by atoms with Crippen molar-refractivity contribution in [1.29, 1.82) is 0 Å². The third kappa shape index (κ3) is 2.52. The van der Waals surface area contributed by atoms with Crippen LogP contribution in [0.3, 0.4) is 0 Å². The molecule has 0 spiro atoms. The summed E-state index contributed by atoms with van der Waals surface area (Å²) in [4.78, 5) is 15.4. The number of carbonyl (C=O) groups is 1. The number of likely N-dealkylation sites (tertiary alicyclic amines) is 1. The molecule has 1 saturated heterocycles. The Kier molecular flexibility index (Phi) is 3.87. The molecule has 126 valence electrons. The molecule has 1 aliphatic heterocycles. The molecular weight excluding hydrogens is 305 g/mol. The number of nitrogens with zero attached hydrogens (tertiary/aromatic N) is 3. The molecule has 1 atom stereocenters. The highest BCUT2D eigenvalue weighted by molar-refractivity contribution is 5.89. The quantitative estimate of drug-likeness (QED) is 0.865. The second kappa shape index (κ2) is 6.04. The van der Waals surface area contributed by atoms with Gasteiger partial charge in [-0.25, -0.2) is 4.39 Å². The van der Waals surface area contributed by atoms with Gasteiger partial charge < -0.3 is 4.90 Å². The molecule has 1 aromatic heterocycles. The first-order chi connectivity index (χ1) is 11.7. The molecule has 4 rings (SSSR count). The van der Waals surface area contributed by atoms with Gasteiger partial charge in [0.1, 0.15) is 5.82 Å². The van der Waals surface area contributed by atoms with Crippen LogP contribution in [0.1, 0.15) is 37.7 Å². The zero-order valence-corrected chi connectivity index (χ0v) is 13.7. The van der Waals surface area contributed by atoms with Crippen molar-refractivity contribution in [3.05, 3.63) is 54.1 Å². The van der Waals surface area contributed by atoms with Crippen LogP contribution in [0, 0.1) is 5.82 Å². The Hall–Kier alpha value is -2.17. The number of hydrogen-bond donors (Lipinski definition) is 0. The second-order valence-electron chi connectivity index (χ2n) is 6.97. The molecule has 5 heteroatoms. The molecule has 2 aromatic rings. The Bertz CT molecular complexity index is 724. The summed E-state index contributed by atoms with van der Waals surface area (Å²) >= 11 is 0. The van der Waals surface area contributed by atoms with Gasteiger partial charge >= 0.3 is 0 Å². The molecule has 2 heterocycles. The highest BCUT2D eigenvalue weighted by Gasteiger charge is 2.49. The normalized spacial score (nSPS) is 22.4. The minimum atomic E-state index is -0.519. The summed E-state index contributed by atoms with van der Waals surface area (Å²) in [6.45, 7) is 1.53. The maximum Gasteiger partial charge on any atom is 0.233 e. The second-order valence-corrected chi connectivity index (χ2v) is 6.97. The van der Waals surface area contributed by atoms with E-state index in [0.717, 1.165) is 50.8 Å². The first kappa shape index (κ1) is 15.4. The smallest absolute Gasteiger partial charge is 0.233 e. The molecule has 0 radical (unpaired) electrons. The van der Waals surface area contributed by atoms with Crippen LogP contribution >= 0.6 is 0 Å². The van der Waals surface area contributed by atoms with Gasteiger partial charge in [0, 0.05) is 18.9 Å². The fraction of sp³-hybridized carbons (Fsp3) is 0.474. The van der Waals surface area contributed by atoms with E-state index in [0.29, 0.717) is 0 Å². The van der Waals surface area contributed by atoms with Crippen LogP contribution in [0.2, 0.25) is 0 Å². The molecule has 1 aliphatic carbocycles. The average Bonchev–Trinajstić information content (AvgIpc) is 3.18. The summed E-state index contributed by atoms with van der Waals surface area (Å²) in [5, 5.41) is 4.27. The average molecular weight is 327 g/mol. The Labute approximate surface area is 141 Å². The third-order valence-corrected chi connectivity index (χ3v) is 5.59. The lowest BCUT2D eigenvalue weighted by Gasteiger charge is -2.44. The van der Waals surface area contributed by atoms with Gasteiger partial charge in [0.15, 0.2) is 0 Å². The SMILES string of the molecule is O=C(N1CCC[C@H]1Cn1cccn1)C1(c2cccc(F)c2)CCC1. The predicted octanol–water partition coefficient (Wildman–Crippen LogP) is 3.14. The van der Waals surface area contributed by atoms with Gasteiger partial charge in [-0.05, 0) is 49.4 Å². The molecule has 24 heavy (non-hydrogen) atoms. The van der Waals surface area contributed by atoms with E-state index >= 15 is 0 Å². The van der Waals surface area contributed by atoms with Crippen molar-refractivity contribution in [2.45, 2.75) is 50.1 Å². The van der Waals surface area contributed by atoms with E-state index in [1.165, 1.54) is 12.1 Å². The summed E-state index contributed by atoms with van der Waals surface area (Å²) in [6.07, 6.45) is 8.40. The summed E-state index contributed by atoms with van der Waals surface area (Å²) in [5.41, 5.74) is 0.318. The number of aromatic nitrogens is 2. The number of rotatable bonds is 4. The van der Waals surface area contributed by atoms with E-state index < -0.39 is 5.41 Å². The Morgan fingerprint density at radius 1 is 1.29 bits per heavy atom. The highest BCUT2D eigenvalue weighted by atomic mass is 19.1. The minimum absolute atomic E-state index is 0.175. The molecular formula is C19H22FN3O. The fourth-order valence-corrected chi connectivity index (χ4v) is 4.13. The van der Waals surface area contributed by atoms with Crippen molar-refractivity contribution in [2.24, 2.45) is 0 Å². The van der Waals surface area contributed by atoms with E-state index in [4.69, 9.17) is 0 Å². The van der Waals surface area contributed by atoms with Crippen molar-refractivity contribution in [1.82, 2.24) is 14.7 Å². The van der Waals surface area contributed by atoms with Crippen molar-refractivity contribution >= 4 is 5.91 Å². The standard InChI is InChI=1S/C19H22FN3O/c20-16-6-1-5-15(13-16)19(8-3-9-19)18(24)23-12-2-7-17(23)14-22-11-4-10-21-22/h1,4-6,10-11,13,17H,2-3,7-9,12,14H2/t17-/m0/s1. The minimum Gasteiger partial charge on any atom is -0.337 e. The fourth-order valence-electron chi connectivity index (χ4n) is 4.13. The highest BCUT2D eigenvalue weighted by Crippen LogP contribution is 2.46. The van der Waals surface area contributed by atoms with Crippen LogP contribution in [-0.4, -0.2) is 33.2 Å². The molecule has 2 fully saturated rings. The topological polar surface area (TPSA) is 38.1 Å². The first-order valence-electron chi connectivity index (χ1n) is 8.74. The van der Waals surface area contributed by atoms with E-state index in [2.05, 4.69) is 5.10 Å². The molecule has 0 bridgehead atoms. The molecule has 1 aromatic carbocycles. The zero-order valence-electron chi connectivity index (χ0n) is 13.7. The number of halogens is 1. The lowest BCUT2D eigenvalue weighted by Crippen LogP contribution is -2.53. The van der Waals surface area contributed by atoms with Gasteiger partial charge in [-0.3, -0.25) is 9.48 Å². The summed E-state index contributed by atoms with van der Waals surface area (Å²) in [6, 6.07) is 8.68. The van der Waals surface area contributed by atoms with Gasteiger partial charge in [0.2, 0.25) is 5.91 Å². The first-order valence-corrected chi connectivity index (χ1v) is 8.74. The van der Waals surface area contributed by atoms with E-state index in [1.54, 1.807) is 12.3 Å². The molecule has 2 aliphatic rings. The maximum absolute atomic E-state index is 13.7. The van der Waals surface area contributed by atoms with Crippen LogP contribution < -0.4 is 0 Å². The van der Waals surface area contributed by atoms with Crippen molar-refractivity contribution in [3.63, 3.8) is 0 Å². The lowest BCUT2D eigenvalue weighted by molar-refractivity contribution is -0.142. The maximum atomic E-state index is 13.7. The van der Waals surface area contributed by atoms with Gasteiger partial charge in [-0.15, -0.1) is 0 Å². The van der Waals surface area contributed by atoms with Crippen LogP contribution in [0.4, 0.5) is 4.39 Å². The van der Waals surface area contributed by atoms with Crippen LogP contribution in [0.25, 0.3) is 0 Å². The van der Waals surface area contributed by atoms with Crippen molar-refractivity contribution in [2.75, 3.05) is 6.54 Å². The summed E-state index contributed by atoms with van der Waals surface area (Å²) in [5.74, 6) is -0.0879. The molecule has 0 unspecified atom stereocenters. The number of carbonyl (C=O) groups excluding carboxylic acids is 1. The van der Waals surface area contributed by atoms with Gasteiger partial charge in [-0.2, -0.15) is 5.10 Å². The van der Waals surface area contributed by atoms with Gasteiger partial charge in [0.25, 0.3) is 0 Å². The number of benzene rings is 1. The van der Waals surface area contributed by atoms with Crippen LogP contribution in [-0.2, 0) is 16.8 Å². The lowest BCUT2D eigenvalue weighted by atomic mass is 9.63. The Morgan fingerprint density at radius 2 is 2.17 bits per heavy atom. The Balaban J connectivity index is 1.59. The van der Waals surface area contributed by atoms with E-state index in [-0.39, 0.29) is 17.8 Å². The van der Waals surface area contributed by atoms with Crippen molar-refractivity contribution < 1.29 is 9.18 Å². The van der Waals surface area contributed by atoms with E-state index in [9.17, 15) is 9.18 Å². The van der Waals surface area contributed by atoms with Crippen LogP contribution in [0.5, 0.6) is 0 Å². The van der Waals surface area contributed by atoms with Gasteiger partial charge in [-0.1, -0.05) is 18.6 Å². The van der Waals surface area contributed by atoms with E-state index in [1.807, 2.05) is 27.9 Å². The largest absolute Gasteiger partial charge is 0.337 e. The number of amides is 1. The zero-order chi connectivity index (χ0) is 16.6. The molecule has 1 saturated carbocycles. The van der Waals surface area contributed by atoms with Crippen molar-refractivity contribution in [3.8, 4) is 0 Å². The van der Waals surface area contributed by atoms with Crippen LogP contribution in [0.15, 0.2) is 42.7 Å².